The fraction of sp³-hybridized carbons (Fsp3) is 0.692. The standard InChI is InChI=1S/C13H20BrN3O/c1-3-12-11(9-16(2)15-12)13(18)17-6-4-10(8-14)5-7-17/h9-10H,3-8H2,1-2H3. The highest BCUT2D eigenvalue weighted by Crippen LogP contribution is 2.21. The SMILES string of the molecule is CCc1nn(C)cc1C(=O)N1CCC(CBr)CC1. The monoisotopic (exact) mass is 313 g/mol. The normalized spacial score (nSPS) is 17.2. The molecule has 1 aliphatic rings. The van der Waals surface area contributed by atoms with Gasteiger partial charge >= 0.3 is 0 Å². The number of nitrogens with zero attached hydrogens (tertiary/aromatic N) is 3. The number of hydrogen-bond acceptors (Lipinski definition) is 2. The quantitative estimate of drug-likeness (QED) is 0.803. The molecule has 0 aliphatic carbocycles. The molecular formula is C13H20BrN3O. The van der Waals surface area contributed by atoms with Crippen molar-refractivity contribution in [1.82, 2.24) is 14.7 Å². The Kier molecular flexibility index (Phi) is 4.43. The van der Waals surface area contributed by atoms with E-state index in [-0.39, 0.29) is 5.91 Å². The summed E-state index contributed by atoms with van der Waals surface area (Å²) < 4.78 is 1.73. The molecule has 0 bridgehead atoms. The van der Waals surface area contributed by atoms with E-state index in [1.54, 1.807) is 4.68 Å². The molecule has 0 saturated carbocycles. The van der Waals surface area contributed by atoms with Crippen LogP contribution in [0.2, 0.25) is 0 Å². The minimum atomic E-state index is 0.146. The zero-order chi connectivity index (χ0) is 13.1. The molecule has 0 unspecified atom stereocenters. The van der Waals surface area contributed by atoms with E-state index in [1.165, 1.54) is 0 Å². The van der Waals surface area contributed by atoms with Gasteiger partial charge in [0.15, 0.2) is 0 Å². The molecule has 4 nitrogen and oxygen atoms in total. The van der Waals surface area contributed by atoms with Crippen molar-refractivity contribution in [2.75, 3.05) is 18.4 Å². The van der Waals surface area contributed by atoms with Gasteiger partial charge in [0.25, 0.3) is 5.91 Å². The Morgan fingerprint density at radius 2 is 2.17 bits per heavy atom. The lowest BCUT2D eigenvalue weighted by Crippen LogP contribution is -2.39. The van der Waals surface area contributed by atoms with Crippen LogP contribution in [0, 0.1) is 5.92 Å². The second-order valence-corrected chi connectivity index (χ2v) is 5.55. The average Bonchev–Trinajstić information content (AvgIpc) is 2.79. The lowest BCUT2D eigenvalue weighted by atomic mass is 9.98. The maximum atomic E-state index is 12.4. The average molecular weight is 314 g/mol. The van der Waals surface area contributed by atoms with Crippen LogP contribution in [-0.2, 0) is 13.5 Å². The van der Waals surface area contributed by atoms with E-state index in [0.29, 0.717) is 5.92 Å². The van der Waals surface area contributed by atoms with Gasteiger partial charge in [0, 0.05) is 31.7 Å². The van der Waals surface area contributed by atoms with Gasteiger partial charge in [-0.15, -0.1) is 0 Å². The van der Waals surface area contributed by atoms with E-state index < -0.39 is 0 Å². The van der Waals surface area contributed by atoms with Crippen molar-refractivity contribution in [2.24, 2.45) is 13.0 Å². The summed E-state index contributed by atoms with van der Waals surface area (Å²) >= 11 is 3.52. The number of carbonyl (C=O) groups excluding carboxylic acids is 1. The number of hydrogen-bond donors (Lipinski definition) is 0. The van der Waals surface area contributed by atoms with Gasteiger partial charge in [-0.2, -0.15) is 5.10 Å². The Morgan fingerprint density at radius 3 is 2.72 bits per heavy atom. The number of alkyl halides is 1. The molecule has 18 heavy (non-hydrogen) atoms. The van der Waals surface area contributed by atoms with Crippen LogP contribution in [0.1, 0.15) is 35.8 Å². The van der Waals surface area contributed by atoms with Gasteiger partial charge in [-0.05, 0) is 25.2 Å². The molecular weight excluding hydrogens is 294 g/mol. The Morgan fingerprint density at radius 1 is 1.50 bits per heavy atom. The van der Waals surface area contributed by atoms with E-state index in [2.05, 4.69) is 21.0 Å². The summed E-state index contributed by atoms with van der Waals surface area (Å²) in [7, 11) is 1.87. The van der Waals surface area contributed by atoms with Gasteiger partial charge in [0.05, 0.1) is 11.3 Å². The number of aryl methyl sites for hydroxylation is 2. The molecule has 2 heterocycles. The molecule has 1 amide bonds. The van der Waals surface area contributed by atoms with Gasteiger partial charge in [-0.25, -0.2) is 0 Å². The second kappa shape index (κ2) is 5.87. The number of amides is 1. The van der Waals surface area contributed by atoms with Crippen molar-refractivity contribution < 1.29 is 4.79 Å². The molecule has 2 rings (SSSR count). The van der Waals surface area contributed by atoms with Crippen molar-refractivity contribution >= 4 is 21.8 Å². The predicted octanol–water partition coefficient (Wildman–Crippen LogP) is 2.23. The Bertz CT molecular complexity index is 422. The van der Waals surface area contributed by atoms with Crippen LogP contribution in [0.25, 0.3) is 0 Å². The van der Waals surface area contributed by atoms with Crippen molar-refractivity contribution in [3.63, 3.8) is 0 Å². The summed E-state index contributed by atoms with van der Waals surface area (Å²) in [5, 5.41) is 5.38. The third-order valence-electron chi connectivity index (χ3n) is 3.59. The Balaban J connectivity index is 2.07. The summed E-state index contributed by atoms with van der Waals surface area (Å²) in [6, 6.07) is 0. The molecule has 0 aromatic carbocycles. The van der Waals surface area contributed by atoms with E-state index in [4.69, 9.17) is 0 Å². The largest absolute Gasteiger partial charge is 0.339 e. The van der Waals surface area contributed by atoms with Crippen molar-refractivity contribution in [1.29, 1.82) is 0 Å². The van der Waals surface area contributed by atoms with Gasteiger partial charge < -0.3 is 4.90 Å². The third-order valence-corrected chi connectivity index (χ3v) is 4.51. The first-order valence-corrected chi connectivity index (χ1v) is 7.65. The van der Waals surface area contributed by atoms with Crippen molar-refractivity contribution in [3.8, 4) is 0 Å². The molecule has 0 atom stereocenters. The van der Waals surface area contributed by atoms with Crippen LogP contribution < -0.4 is 0 Å². The van der Waals surface area contributed by atoms with Gasteiger partial charge in [0.2, 0.25) is 0 Å². The molecule has 1 aliphatic heterocycles. The number of rotatable bonds is 3. The van der Waals surface area contributed by atoms with Gasteiger partial charge in [-0.3, -0.25) is 9.48 Å². The number of piperidine rings is 1. The molecule has 1 aromatic heterocycles. The molecule has 100 valence electrons. The lowest BCUT2D eigenvalue weighted by molar-refractivity contribution is 0.0698. The van der Waals surface area contributed by atoms with E-state index in [0.717, 1.165) is 48.9 Å². The zero-order valence-electron chi connectivity index (χ0n) is 11.0. The van der Waals surface area contributed by atoms with Crippen LogP contribution in [0.4, 0.5) is 0 Å². The molecule has 5 heteroatoms. The molecule has 0 spiro atoms. The fourth-order valence-electron chi connectivity index (χ4n) is 2.43. The summed E-state index contributed by atoms with van der Waals surface area (Å²) in [6.45, 7) is 3.77. The van der Waals surface area contributed by atoms with Crippen LogP contribution in [0.5, 0.6) is 0 Å². The number of likely N-dealkylation sites (tertiary alicyclic amines) is 1. The second-order valence-electron chi connectivity index (χ2n) is 4.91. The third kappa shape index (κ3) is 2.76. The lowest BCUT2D eigenvalue weighted by Gasteiger charge is -2.31. The van der Waals surface area contributed by atoms with Crippen molar-refractivity contribution in [3.05, 3.63) is 17.5 Å². The minimum Gasteiger partial charge on any atom is -0.339 e. The highest BCUT2D eigenvalue weighted by Gasteiger charge is 2.25. The summed E-state index contributed by atoms with van der Waals surface area (Å²) in [5.41, 5.74) is 1.68. The van der Waals surface area contributed by atoms with Crippen LogP contribution in [0.15, 0.2) is 6.20 Å². The highest BCUT2D eigenvalue weighted by molar-refractivity contribution is 9.09. The van der Waals surface area contributed by atoms with Crippen LogP contribution >= 0.6 is 15.9 Å². The first-order valence-electron chi connectivity index (χ1n) is 6.53. The highest BCUT2D eigenvalue weighted by atomic mass is 79.9. The topological polar surface area (TPSA) is 38.1 Å². The molecule has 0 N–H and O–H groups in total. The van der Waals surface area contributed by atoms with Gasteiger partial charge in [0.1, 0.15) is 0 Å². The first-order chi connectivity index (χ1) is 8.65. The summed E-state index contributed by atoms with van der Waals surface area (Å²) in [4.78, 5) is 14.4. The Hall–Kier alpha value is -0.840. The maximum absolute atomic E-state index is 12.4. The van der Waals surface area contributed by atoms with Crippen LogP contribution in [-0.4, -0.2) is 39.0 Å². The number of carbonyl (C=O) groups is 1. The molecule has 1 fully saturated rings. The summed E-state index contributed by atoms with van der Waals surface area (Å²) in [5.74, 6) is 0.863. The minimum absolute atomic E-state index is 0.146. The van der Waals surface area contributed by atoms with Gasteiger partial charge in [-0.1, -0.05) is 22.9 Å². The number of halogens is 1. The predicted molar refractivity (Wildman–Crippen MR) is 75.0 cm³/mol. The zero-order valence-corrected chi connectivity index (χ0v) is 12.6. The fourth-order valence-corrected chi connectivity index (χ4v) is 3.08. The van der Waals surface area contributed by atoms with Crippen LogP contribution in [0.3, 0.4) is 0 Å². The molecule has 0 radical (unpaired) electrons. The first kappa shape index (κ1) is 13.6. The van der Waals surface area contributed by atoms with E-state index in [9.17, 15) is 4.79 Å². The van der Waals surface area contributed by atoms with E-state index >= 15 is 0 Å². The molecule has 1 aromatic rings. The van der Waals surface area contributed by atoms with Crippen molar-refractivity contribution in [2.45, 2.75) is 26.2 Å². The number of aromatic nitrogens is 2. The molecule has 1 saturated heterocycles. The van der Waals surface area contributed by atoms with E-state index in [1.807, 2.05) is 25.1 Å². The Labute approximate surface area is 116 Å². The summed E-state index contributed by atoms with van der Waals surface area (Å²) in [6.07, 6.45) is 4.84. The smallest absolute Gasteiger partial charge is 0.257 e. The maximum Gasteiger partial charge on any atom is 0.257 e.